The Bertz CT molecular complexity index is 424. The lowest BCUT2D eigenvalue weighted by atomic mass is 10.1. The maximum Gasteiger partial charge on any atom is 0.193 e. The first-order valence-electron chi connectivity index (χ1n) is 5.27. The van der Waals surface area contributed by atoms with E-state index in [-0.39, 0.29) is 5.54 Å². The molecule has 1 aromatic carbocycles. The van der Waals surface area contributed by atoms with Gasteiger partial charge in [-0.3, -0.25) is 0 Å². The lowest BCUT2D eigenvalue weighted by Crippen LogP contribution is -2.27. The molecule has 0 bridgehead atoms. The minimum absolute atomic E-state index is 0.201. The van der Waals surface area contributed by atoms with Crippen LogP contribution in [0.2, 0.25) is 0 Å². The van der Waals surface area contributed by atoms with Crippen molar-refractivity contribution in [2.75, 3.05) is 12.4 Å². The van der Waals surface area contributed by atoms with Crippen LogP contribution in [0.25, 0.3) is 0 Å². The van der Waals surface area contributed by atoms with Crippen LogP contribution < -0.4 is 15.8 Å². The number of nitrogens with zero attached hydrogens (tertiary/aromatic N) is 1. The van der Waals surface area contributed by atoms with Gasteiger partial charge in [0.1, 0.15) is 5.75 Å². The van der Waals surface area contributed by atoms with Gasteiger partial charge in [-0.2, -0.15) is 0 Å². The number of anilines is 1. The van der Waals surface area contributed by atoms with E-state index in [1.54, 1.807) is 7.11 Å². The van der Waals surface area contributed by atoms with Crippen LogP contribution in [0, 0.1) is 0 Å². The lowest BCUT2D eigenvalue weighted by molar-refractivity contribution is 0.415. The Labute approximate surface area is 110 Å². The van der Waals surface area contributed by atoms with Gasteiger partial charge in [-0.1, -0.05) is 15.9 Å². The number of nitrogens with two attached hydrogens (primary N) is 1. The highest BCUT2D eigenvalue weighted by molar-refractivity contribution is 9.10. The normalized spacial score (nSPS) is 12.4. The average molecular weight is 300 g/mol. The van der Waals surface area contributed by atoms with Crippen molar-refractivity contribution in [2.45, 2.75) is 26.3 Å². The Kier molecular flexibility index (Phi) is 4.40. The topological polar surface area (TPSA) is 59.6 Å². The molecule has 17 heavy (non-hydrogen) atoms. The predicted molar refractivity (Wildman–Crippen MR) is 75.7 cm³/mol. The fraction of sp³-hybridized carbons (Fsp3) is 0.417. The fourth-order valence-corrected chi connectivity index (χ4v) is 1.76. The summed E-state index contributed by atoms with van der Waals surface area (Å²) in [6.45, 7) is 5.97. The van der Waals surface area contributed by atoms with Crippen molar-refractivity contribution in [3.05, 3.63) is 22.7 Å². The monoisotopic (exact) mass is 299 g/mol. The number of benzene rings is 1. The van der Waals surface area contributed by atoms with Gasteiger partial charge in [0.15, 0.2) is 5.96 Å². The Morgan fingerprint density at radius 1 is 1.35 bits per heavy atom. The van der Waals surface area contributed by atoms with Gasteiger partial charge in [-0.05, 0) is 32.9 Å². The minimum Gasteiger partial charge on any atom is -0.497 e. The number of rotatable bonds is 2. The van der Waals surface area contributed by atoms with Crippen LogP contribution in [-0.4, -0.2) is 18.6 Å². The number of aliphatic imine (C=N–C) groups is 1. The van der Waals surface area contributed by atoms with Crippen LogP contribution in [0.15, 0.2) is 27.7 Å². The molecule has 0 aliphatic rings. The summed E-state index contributed by atoms with van der Waals surface area (Å²) in [5, 5.41) is 3.03. The summed E-state index contributed by atoms with van der Waals surface area (Å²) < 4.78 is 6.09. The van der Waals surface area contributed by atoms with E-state index in [1.807, 2.05) is 39.0 Å². The van der Waals surface area contributed by atoms with Crippen molar-refractivity contribution in [3.8, 4) is 5.75 Å². The summed E-state index contributed by atoms with van der Waals surface area (Å²) in [4.78, 5) is 4.32. The highest BCUT2D eigenvalue weighted by atomic mass is 79.9. The smallest absolute Gasteiger partial charge is 0.193 e. The summed E-state index contributed by atoms with van der Waals surface area (Å²) in [7, 11) is 1.62. The molecule has 0 unspecified atom stereocenters. The third kappa shape index (κ3) is 5.08. The van der Waals surface area contributed by atoms with Crippen LogP contribution in [-0.2, 0) is 0 Å². The second-order valence-electron chi connectivity index (χ2n) is 4.67. The largest absolute Gasteiger partial charge is 0.497 e. The van der Waals surface area contributed by atoms with Gasteiger partial charge in [0.25, 0.3) is 0 Å². The first-order valence-corrected chi connectivity index (χ1v) is 6.06. The van der Waals surface area contributed by atoms with Crippen molar-refractivity contribution in [1.82, 2.24) is 0 Å². The molecule has 4 nitrogen and oxygen atoms in total. The summed E-state index contributed by atoms with van der Waals surface area (Å²) in [5.74, 6) is 1.14. The van der Waals surface area contributed by atoms with Crippen LogP contribution >= 0.6 is 15.9 Å². The van der Waals surface area contributed by atoms with Gasteiger partial charge in [-0.15, -0.1) is 0 Å². The van der Waals surface area contributed by atoms with Gasteiger partial charge < -0.3 is 15.8 Å². The molecule has 0 spiro atoms. The number of halogens is 1. The molecular formula is C12H18BrN3O. The molecule has 1 rings (SSSR count). The predicted octanol–water partition coefficient (Wildman–Crippen LogP) is 2.98. The van der Waals surface area contributed by atoms with Crippen molar-refractivity contribution >= 4 is 27.6 Å². The van der Waals surface area contributed by atoms with E-state index in [1.165, 1.54) is 0 Å². The molecule has 0 saturated carbocycles. The molecule has 1 aromatic rings. The summed E-state index contributed by atoms with van der Waals surface area (Å²) in [5.41, 5.74) is 6.45. The van der Waals surface area contributed by atoms with Crippen LogP contribution in [0.3, 0.4) is 0 Å². The maximum absolute atomic E-state index is 5.82. The highest BCUT2D eigenvalue weighted by Gasteiger charge is 2.08. The third-order valence-electron chi connectivity index (χ3n) is 1.84. The van der Waals surface area contributed by atoms with E-state index >= 15 is 0 Å². The Morgan fingerprint density at radius 2 is 2.00 bits per heavy atom. The molecule has 0 amide bonds. The van der Waals surface area contributed by atoms with Gasteiger partial charge in [0.05, 0.1) is 12.6 Å². The molecule has 0 heterocycles. The Morgan fingerprint density at radius 3 is 2.53 bits per heavy atom. The molecular weight excluding hydrogens is 282 g/mol. The molecule has 0 fully saturated rings. The van der Waals surface area contributed by atoms with E-state index in [0.29, 0.717) is 5.96 Å². The maximum atomic E-state index is 5.82. The summed E-state index contributed by atoms with van der Waals surface area (Å²) in [6, 6.07) is 5.64. The molecule has 0 radical (unpaired) electrons. The molecule has 0 saturated heterocycles. The number of ether oxygens (including phenoxy) is 1. The van der Waals surface area contributed by atoms with Gasteiger partial charge in [0, 0.05) is 16.2 Å². The van der Waals surface area contributed by atoms with Crippen molar-refractivity contribution in [2.24, 2.45) is 10.7 Å². The van der Waals surface area contributed by atoms with Crippen LogP contribution in [0.1, 0.15) is 20.8 Å². The van der Waals surface area contributed by atoms with Crippen LogP contribution in [0.5, 0.6) is 5.75 Å². The zero-order chi connectivity index (χ0) is 13.1. The van der Waals surface area contributed by atoms with Gasteiger partial charge in [0.2, 0.25) is 0 Å². The molecule has 94 valence electrons. The van der Waals surface area contributed by atoms with Crippen molar-refractivity contribution in [1.29, 1.82) is 0 Å². The van der Waals surface area contributed by atoms with E-state index in [0.717, 1.165) is 15.9 Å². The SMILES string of the molecule is COc1cc(Br)cc(NC(N)=NC(C)(C)C)c1. The number of guanidine groups is 1. The van der Waals surface area contributed by atoms with Crippen molar-refractivity contribution in [3.63, 3.8) is 0 Å². The van der Waals surface area contributed by atoms with Crippen molar-refractivity contribution < 1.29 is 4.74 Å². The second-order valence-corrected chi connectivity index (χ2v) is 5.59. The first kappa shape index (κ1) is 13.8. The number of methoxy groups -OCH3 is 1. The molecule has 0 aromatic heterocycles. The minimum atomic E-state index is -0.201. The molecule has 5 heteroatoms. The number of hydrogen-bond acceptors (Lipinski definition) is 2. The fourth-order valence-electron chi connectivity index (χ4n) is 1.29. The Balaban J connectivity index is 2.88. The Hall–Kier alpha value is -1.23. The van der Waals surface area contributed by atoms with E-state index in [4.69, 9.17) is 10.5 Å². The number of nitrogens with one attached hydrogen (secondary N) is 1. The lowest BCUT2D eigenvalue weighted by Gasteiger charge is -2.15. The van der Waals surface area contributed by atoms with Gasteiger partial charge in [-0.25, -0.2) is 4.99 Å². The molecule has 0 atom stereocenters. The van der Waals surface area contributed by atoms with E-state index in [2.05, 4.69) is 26.2 Å². The third-order valence-corrected chi connectivity index (χ3v) is 2.29. The molecule has 0 aliphatic carbocycles. The number of hydrogen-bond donors (Lipinski definition) is 2. The van der Waals surface area contributed by atoms with Gasteiger partial charge >= 0.3 is 0 Å². The standard InChI is InChI=1S/C12H18BrN3O/c1-12(2,3)16-11(14)15-9-5-8(13)6-10(7-9)17-4/h5-7H,1-4H3,(H3,14,15,16). The average Bonchev–Trinajstić information content (AvgIpc) is 2.13. The summed E-state index contributed by atoms with van der Waals surface area (Å²) >= 11 is 3.40. The zero-order valence-corrected chi connectivity index (χ0v) is 12.1. The second kappa shape index (κ2) is 5.40. The van der Waals surface area contributed by atoms with E-state index < -0.39 is 0 Å². The quantitative estimate of drug-likeness (QED) is 0.652. The van der Waals surface area contributed by atoms with Crippen LogP contribution in [0.4, 0.5) is 5.69 Å². The van der Waals surface area contributed by atoms with E-state index in [9.17, 15) is 0 Å². The molecule has 3 N–H and O–H groups in total. The highest BCUT2D eigenvalue weighted by Crippen LogP contribution is 2.24. The zero-order valence-electron chi connectivity index (χ0n) is 10.5. The molecule has 0 aliphatic heterocycles. The summed E-state index contributed by atoms with van der Waals surface area (Å²) in [6.07, 6.45) is 0. The first-order chi connectivity index (χ1) is 7.80.